The first-order valence-electron chi connectivity index (χ1n) is 18.8. The maximum Gasteiger partial charge on any atom is 0.311 e. The molecule has 3 aliphatic rings. The molecule has 51 heavy (non-hydrogen) atoms. The summed E-state index contributed by atoms with van der Waals surface area (Å²) in [7, 11) is 0. The van der Waals surface area contributed by atoms with Crippen molar-refractivity contribution in [2.45, 2.75) is 91.0 Å². The van der Waals surface area contributed by atoms with Gasteiger partial charge in [0.1, 0.15) is 12.2 Å². The fourth-order valence-electron chi connectivity index (χ4n) is 7.18. The molecule has 0 aromatic heterocycles. The van der Waals surface area contributed by atoms with Gasteiger partial charge in [-0.2, -0.15) is 0 Å². The molecule has 2 aliphatic carbocycles. The van der Waals surface area contributed by atoms with Crippen LogP contribution in [-0.2, 0) is 38.1 Å². The number of ether oxygens (including phenoxy) is 5. The standard InChI is InChI=1S/C40H60N2O9/c1-28-24-30-11-10-29(2)34(13-12-33-26-32(43)27-37(45)50-33)38(30)35(25-28)51-39(46)40(3,4)15-14-36(44)42-17-19-48-21-23-49-22-20-47-18-16-41-31-8-6-5-7-9-31/h5-11,24,28-29,32-35,38,41,43H,12-23,25-27H2,1-4H3,(H,42,44)/t28-,29-,32+,33+,34-,35-,38-/m0/s1. The van der Waals surface area contributed by atoms with E-state index >= 15 is 0 Å². The Morgan fingerprint density at radius 3 is 2.33 bits per heavy atom. The summed E-state index contributed by atoms with van der Waals surface area (Å²) in [4.78, 5) is 38.1. The van der Waals surface area contributed by atoms with Crippen LogP contribution in [0.4, 0.5) is 5.69 Å². The van der Waals surface area contributed by atoms with Crippen molar-refractivity contribution >= 4 is 23.5 Å². The quantitative estimate of drug-likeness (QED) is 0.115. The van der Waals surface area contributed by atoms with Crippen LogP contribution < -0.4 is 10.6 Å². The van der Waals surface area contributed by atoms with Crippen LogP contribution in [0, 0.1) is 29.1 Å². The highest BCUT2D eigenvalue weighted by molar-refractivity contribution is 5.79. The van der Waals surface area contributed by atoms with Crippen LogP contribution in [0.15, 0.2) is 54.1 Å². The van der Waals surface area contributed by atoms with Crippen molar-refractivity contribution in [2.24, 2.45) is 29.1 Å². The second-order valence-electron chi connectivity index (χ2n) is 14.9. The first-order chi connectivity index (χ1) is 24.5. The maximum absolute atomic E-state index is 13.6. The van der Waals surface area contributed by atoms with Crippen molar-refractivity contribution in [2.75, 3.05) is 58.0 Å². The highest BCUT2D eigenvalue weighted by Gasteiger charge is 2.43. The lowest BCUT2D eigenvalue weighted by Gasteiger charge is -2.44. The molecule has 1 fully saturated rings. The summed E-state index contributed by atoms with van der Waals surface area (Å²) in [5.74, 6) is -0.00297. The van der Waals surface area contributed by atoms with Crippen LogP contribution in [-0.4, -0.2) is 94.0 Å². The molecular formula is C40H60N2O9. The van der Waals surface area contributed by atoms with Gasteiger partial charge < -0.3 is 39.4 Å². The van der Waals surface area contributed by atoms with Gasteiger partial charge in [-0.25, -0.2) is 0 Å². The number of carbonyl (C=O) groups is 3. The fraction of sp³-hybridized carbons (Fsp3) is 0.675. The number of hydrogen-bond acceptors (Lipinski definition) is 10. The molecule has 0 spiro atoms. The lowest BCUT2D eigenvalue weighted by molar-refractivity contribution is -0.166. The molecule has 11 heteroatoms. The molecule has 1 saturated heterocycles. The average molecular weight is 713 g/mol. The zero-order valence-electron chi connectivity index (χ0n) is 31.0. The number of rotatable bonds is 21. The van der Waals surface area contributed by atoms with Gasteiger partial charge >= 0.3 is 11.9 Å². The zero-order valence-corrected chi connectivity index (χ0v) is 31.0. The molecule has 11 nitrogen and oxygen atoms in total. The summed E-state index contributed by atoms with van der Waals surface area (Å²) in [5, 5.41) is 16.2. The van der Waals surface area contributed by atoms with Crippen LogP contribution in [0.2, 0.25) is 0 Å². The number of allylic oxidation sites excluding steroid dienone is 3. The number of anilines is 1. The number of fused-ring (bicyclic) bond motifs is 1. The number of cyclic esters (lactones) is 1. The van der Waals surface area contributed by atoms with Gasteiger partial charge in [0.25, 0.3) is 0 Å². The van der Waals surface area contributed by atoms with E-state index in [2.05, 4.69) is 42.7 Å². The number of nitrogens with one attached hydrogen (secondary N) is 2. The van der Waals surface area contributed by atoms with E-state index in [1.54, 1.807) is 0 Å². The number of carbonyl (C=O) groups excluding carboxylic acids is 3. The van der Waals surface area contributed by atoms with Crippen molar-refractivity contribution in [1.29, 1.82) is 0 Å². The van der Waals surface area contributed by atoms with Gasteiger partial charge in [0, 0.05) is 37.5 Å². The molecule has 1 aliphatic heterocycles. The van der Waals surface area contributed by atoms with Crippen molar-refractivity contribution in [3.8, 4) is 0 Å². The van der Waals surface area contributed by atoms with E-state index in [1.165, 1.54) is 5.57 Å². The molecule has 1 aromatic rings. The minimum atomic E-state index is -0.837. The Bertz CT molecular complexity index is 1300. The number of esters is 2. The Morgan fingerprint density at radius 1 is 0.941 bits per heavy atom. The van der Waals surface area contributed by atoms with E-state index in [9.17, 15) is 19.5 Å². The Labute approximate surface area is 303 Å². The molecule has 1 aromatic carbocycles. The number of amides is 1. The van der Waals surface area contributed by atoms with Crippen molar-refractivity contribution in [1.82, 2.24) is 5.32 Å². The third-order valence-corrected chi connectivity index (χ3v) is 10.1. The Morgan fingerprint density at radius 2 is 1.63 bits per heavy atom. The van der Waals surface area contributed by atoms with E-state index < -0.39 is 11.5 Å². The molecule has 0 unspecified atom stereocenters. The lowest BCUT2D eigenvalue weighted by atomic mass is 9.65. The van der Waals surface area contributed by atoms with E-state index in [-0.39, 0.29) is 66.6 Å². The minimum absolute atomic E-state index is 0.0416. The van der Waals surface area contributed by atoms with Crippen LogP contribution in [0.3, 0.4) is 0 Å². The first kappa shape index (κ1) is 40.5. The molecule has 1 amide bonds. The van der Waals surface area contributed by atoms with Gasteiger partial charge in [-0.05, 0) is 75.0 Å². The molecule has 284 valence electrons. The molecule has 0 saturated carbocycles. The van der Waals surface area contributed by atoms with Crippen LogP contribution in [0.25, 0.3) is 0 Å². The lowest BCUT2D eigenvalue weighted by Crippen LogP contribution is -2.43. The van der Waals surface area contributed by atoms with Crippen molar-refractivity contribution in [3.05, 3.63) is 54.1 Å². The number of benzene rings is 1. The molecule has 7 atom stereocenters. The van der Waals surface area contributed by atoms with Gasteiger partial charge in [0.05, 0.1) is 57.6 Å². The Balaban J connectivity index is 1.10. The summed E-state index contributed by atoms with van der Waals surface area (Å²) < 4.78 is 28.5. The van der Waals surface area contributed by atoms with Gasteiger partial charge in [0.15, 0.2) is 0 Å². The molecular weight excluding hydrogens is 652 g/mol. The van der Waals surface area contributed by atoms with Gasteiger partial charge in [-0.1, -0.05) is 50.3 Å². The molecule has 3 N–H and O–H groups in total. The van der Waals surface area contributed by atoms with Crippen LogP contribution in [0.5, 0.6) is 0 Å². The predicted molar refractivity (Wildman–Crippen MR) is 195 cm³/mol. The zero-order chi connectivity index (χ0) is 36.6. The van der Waals surface area contributed by atoms with E-state index in [4.69, 9.17) is 23.7 Å². The predicted octanol–water partition coefficient (Wildman–Crippen LogP) is 5.23. The highest BCUT2D eigenvalue weighted by Crippen LogP contribution is 2.45. The average Bonchev–Trinajstić information content (AvgIpc) is 3.09. The minimum Gasteiger partial charge on any atom is -0.462 e. The fourth-order valence-corrected chi connectivity index (χ4v) is 7.18. The number of hydrogen-bond donors (Lipinski definition) is 3. The number of aliphatic hydroxyl groups excluding tert-OH is 1. The summed E-state index contributed by atoms with van der Waals surface area (Å²) in [6, 6.07) is 9.99. The third-order valence-electron chi connectivity index (χ3n) is 10.1. The monoisotopic (exact) mass is 712 g/mol. The number of aliphatic hydroxyl groups is 1. The molecule has 1 heterocycles. The van der Waals surface area contributed by atoms with Gasteiger partial charge in [-0.15, -0.1) is 0 Å². The van der Waals surface area contributed by atoms with E-state index in [0.717, 1.165) is 25.1 Å². The molecule has 0 radical (unpaired) electrons. The Kier molecular flexibility index (Phi) is 16.4. The second-order valence-corrected chi connectivity index (χ2v) is 14.9. The van der Waals surface area contributed by atoms with Crippen LogP contribution in [0.1, 0.15) is 72.6 Å². The largest absolute Gasteiger partial charge is 0.462 e. The van der Waals surface area contributed by atoms with Crippen LogP contribution >= 0.6 is 0 Å². The summed E-state index contributed by atoms with van der Waals surface area (Å²) in [6.07, 6.45) is 8.71. The smallest absolute Gasteiger partial charge is 0.311 e. The Hall–Kier alpha value is -3.25. The number of para-hydroxylation sites is 1. The van der Waals surface area contributed by atoms with E-state index in [0.29, 0.717) is 65.4 Å². The summed E-state index contributed by atoms with van der Waals surface area (Å²) in [5.41, 5.74) is 1.42. The second kappa shape index (κ2) is 20.7. The first-order valence-corrected chi connectivity index (χ1v) is 18.8. The van der Waals surface area contributed by atoms with Gasteiger partial charge in [-0.3, -0.25) is 14.4 Å². The molecule has 4 rings (SSSR count). The summed E-state index contributed by atoms with van der Waals surface area (Å²) >= 11 is 0. The van der Waals surface area contributed by atoms with Gasteiger partial charge in [0.2, 0.25) is 5.91 Å². The van der Waals surface area contributed by atoms with Crippen molar-refractivity contribution in [3.63, 3.8) is 0 Å². The van der Waals surface area contributed by atoms with E-state index in [1.807, 2.05) is 44.2 Å². The topological polar surface area (TPSA) is 142 Å². The summed E-state index contributed by atoms with van der Waals surface area (Å²) in [6.45, 7) is 12.0. The third kappa shape index (κ3) is 13.7. The highest BCUT2D eigenvalue weighted by atomic mass is 16.6. The normalized spacial score (nSPS) is 26.1. The van der Waals surface area contributed by atoms with Crippen molar-refractivity contribution < 1.29 is 43.2 Å². The maximum atomic E-state index is 13.6. The molecule has 0 bridgehead atoms. The SMILES string of the molecule is C[C@H]1C=C2C=C[C@H](C)[C@H](CC[C@@H]3C[C@@H](O)CC(=O)O3)[C@H]2[C@@H](OC(=O)C(C)(C)CCC(=O)NCCOCCOCCOCCNc2ccccc2)C1.